The van der Waals surface area contributed by atoms with Gasteiger partial charge in [0.2, 0.25) is 0 Å². The number of halogens is 2. The molecule has 1 aliphatic carbocycles. The average Bonchev–Trinajstić information content (AvgIpc) is 2.22. The van der Waals surface area contributed by atoms with Gasteiger partial charge in [-0.1, -0.05) is 32.9 Å². The maximum Gasteiger partial charge on any atom is 0.164 e. The molecule has 1 nitrogen and oxygen atoms in total. The van der Waals surface area contributed by atoms with Gasteiger partial charge >= 0.3 is 0 Å². The number of hydrogen-bond donors (Lipinski definition) is 1. The summed E-state index contributed by atoms with van der Waals surface area (Å²) in [7, 11) is 0. The Kier molecular flexibility index (Phi) is 3.46. The summed E-state index contributed by atoms with van der Waals surface area (Å²) >= 11 is 0. The van der Waals surface area contributed by atoms with E-state index in [1.807, 2.05) is 0 Å². The van der Waals surface area contributed by atoms with E-state index >= 15 is 0 Å². The number of aryl methyl sites for hydroxylation is 1. The first-order chi connectivity index (χ1) is 8.65. The molecule has 2 rings (SSSR count). The number of nitrogens with two attached hydrogens (primary N) is 1. The highest BCUT2D eigenvalue weighted by Crippen LogP contribution is 2.47. The highest BCUT2D eigenvalue weighted by atomic mass is 19.2. The van der Waals surface area contributed by atoms with E-state index in [-0.39, 0.29) is 5.41 Å². The van der Waals surface area contributed by atoms with E-state index < -0.39 is 17.2 Å². The van der Waals surface area contributed by atoms with Gasteiger partial charge in [-0.05, 0) is 43.1 Å². The topological polar surface area (TPSA) is 26.0 Å². The van der Waals surface area contributed by atoms with Crippen molar-refractivity contribution in [1.29, 1.82) is 0 Å². The Bertz CT molecular complexity index is 496. The molecular formula is C16H23F2N. The molecule has 2 N–H and O–H groups in total. The molecule has 1 aromatic carbocycles. The van der Waals surface area contributed by atoms with Crippen molar-refractivity contribution in [3.63, 3.8) is 0 Å². The van der Waals surface area contributed by atoms with Gasteiger partial charge in [0.05, 0.1) is 0 Å². The molecule has 2 unspecified atom stereocenters. The molecule has 0 amide bonds. The van der Waals surface area contributed by atoms with Gasteiger partial charge in [0.15, 0.2) is 11.6 Å². The zero-order valence-corrected chi connectivity index (χ0v) is 12.2. The van der Waals surface area contributed by atoms with Crippen LogP contribution in [0.15, 0.2) is 12.1 Å². The smallest absolute Gasteiger partial charge is 0.164 e. The fourth-order valence-electron chi connectivity index (χ4n) is 3.87. The van der Waals surface area contributed by atoms with Crippen molar-refractivity contribution in [3.8, 4) is 0 Å². The fourth-order valence-corrected chi connectivity index (χ4v) is 3.87. The molecule has 106 valence electrons. The van der Waals surface area contributed by atoms with Gasteiger partial charge in [-0.25, -0.2) is 8.78 Å². The Labute approximate surface area is 114 Å². The quantitative estimate of drug-likeness (QED) is 0.807. The normalized spacial score (nSPS) is 30.4. The van der Waals surface area contributed by atoms with Crippen LogP contribution in [0.4, 0.5) is 8.78 Å². The predicted molar refractivity (Wildman–Crippen MR) is 73.8 cm³/mol. The van der Waals surface area contributed by atoms with E-state index in [1.54, 1.807) is 19.1 Å². The van der Waals surface area contributed by atoms with E-state index in [0.29, 0.717) is 29.9 Å². The molecule has 0 spiro atoms. The molecule has 1 saturated carbocycles. The molecule has 1 fully saturated rings. The molecule has 0 bridgehead atoms. The van der Waals surface area contributed by atoms with Crippen molar-refractivity contribution in [3.05, 3.63) is 34.9 Å². The summed E-state index contributed by atoms with van der Waals surface area (Å²) in [6, 6.07) is 3.27. The standard InChI is InChI=1S/C16H23F2N/c1-10-7-15(3,4)9-16(19,8-10)12-6-5-11(2)13(17)14(12)18/h5-6,10H,7-9,19H2,1-4H3. The zero-order chi connectivity index (χ0) is 14.4. The van der Waals surface area contributed by atoms with Gasteiger partial charge in [-0.2, -0.15) is 0 Å². The summed E-state index contributed by atoms with van der Waals surface area (Å²) < 4.78 is 28.0. The van der Waals surface area contributed by atoms with Crippen molar-refractivity contribution in [2.45, 2.75) is 52.5 Å². The van der Waals surface area contributed by atoms with E-state index in [9.17, 15) is 8.78 Å². The van der Waals surface area contributed by atoms with Crippen LogP contribution in [-0.2, 0) is 5.54 Å². The van der Waals surface area contributed by atoms with E-state index in [0.717, 1.165) is 6.42 Å². The van der Waals surface area contributed by atoms with Crippen LogP contribution in [0.5, 0.6) is 0 Å². The maximum atomic E-state index is 14.2. The third kappa shape index (κ3) is 2.66. The zero-order valence-electron chi connectivity index (χ0n) is 12.2. The molecular weight excluding hydrogens is 244 g/mol. The molecule has 0 aliphatic heterocycles. The molecule has 0 radical (unpaired) electrons. The lowest BCUT2D eigenvalue weighted by Gasteiger charge is -2.46. The molecule has 1 aliphatic rings. The second-order valence-corrected chi connectivity index (χ2v) is 7.07. The monoisotopic (exact) mass is 267 g/mol. The Morgan fingerprint density at radius 3 is 2.37 bits per heavy atom. The third-order valence-electron chi connectivity index (χ3n) is 4.22. The van der Waals surface area contributed by atoms with Crippen LogP contribution in [0, 0.1) is 29.9 Å². The van der Waals surface area contributed by atoms with Gasteiger partial charge in [0, 0.05) is 11.1 Å². The fraction of sp³-hybridized carbons (Fsp3) is 0.625. The highest BCUT2D eigenvalue weighted by molar-refractivity contribution is 5.32. The molecule has 1 aromatic rings. The van der Waals surface area contributed by atoms with Crippen LogP contribution in [0.25, 0.3) is 0 Å². The van der Waals surface area contributed by atoms with E-state index in [2.05, 4.69) is 20.8 Å². The summed E-state index contributed by atoms with van der Waals surface area (Å²) in [5.74, 6) is -1.12. The Balaban J connectivity index is 2.48. The minimum absolute atomic E-state index is 0.0558. The highest BCUT2D eigenvalue weighted by Gasteiger charge is 2.43. The molecule has 0 heterocycles. The van der Waals surface area contributed by atoms with Crippen molar-refractivity contribution in [1.82, 2.24) is 0 Å². The van der Waals surface area contributed by atoms with E-state index in [4.69, 9.17) is 5.73 Å². The first-order valence-electron chi connectivity index (χ1n) is 6.89. The SMILES string of the molecule is Cc1ccc(C2(N)CC(C)CC(C)(C)C2)c(F)c1F. The Morgan fingerprint density at radius 2 is 1.79 bits per heavy atom. The van der Waals surface area contributed by atoms with Crippen LogP contribution in [-0.4, -0.2) is 0 Å². The van der Waals surface area contributed by atoms with Crippen molar-refractivity contribution in [2.75, 3.05) is 0 Å². The summed E-state index contributed by atoms with van der Waals surface area (Å²) in [6.07, 6.45) is 2.46. The van der Waals surface area contributed by atoms with Gasteiger partial charge in [0.1, 0.15) is 0 Å². The number of hydrogen-bond acceptors (Lipinski definition) is 1. The largest absolute Gasteiger partial charge is 0.321 e. The lowest BCUT2D eigenvalue weighted by Crippen LogP contribution is -2.47. The minimum atomic E-state index is -0.771. The number of rotatable bonds is 1. The van der Waals surface area contributed by atoms with Crippen LogP contribution in [0.2, 0.25) is 0 Å². The molecule has 0 aromatic heterocycles. The van der Waals surface area contributed by atoms with Gasteiger partial charge in [0.25, 0.3) is 0 Å². The average molecular weight is 267 g/mol. The molecule has 19 heavy (non-hydrogen) atoms. The maximum absolute atomic E-state index is 14.2. The number of benzene rings is 1. The Morgan fingerprint density at radius 1 is 1.16 bits per heavy atom. The molecule has 3 heteroatoms. The first-order valence-corrected chi connectivity index (χ1v) is 6.89. The predicted octanol–water partition coefficient (Wildman–Crippen LogP) is 4.27. The summed E-state index contributed by atoms with van der Waals surface area (Å²) in [5.41, 5.74) is 6.41. The van der Waals surface area contributed by atoms with Crippen LogP contribution in [0.3, 0.4) is 0 Å². The summed E-state index contributed by atoms with van der Waals surface area (Å²) in [5, 5.41) is 0. The lowest BCUT2D eigenvalue weighted by atomic mass is 9.62. The van der Waals surface area contributed by atoms with Crippen LogP contribution in [0.1, 0.15) is 51.2 Å². The van der Waals surface area contributed by atoms with Crippen molar-refractivity contribution in [2.24, 2.45) is 17.1 Å². The molecule has 0 saturated heterocycles. The molecule has 2 atom stereocenters. The van der Waals surface area contributed by atoms with Crippen LogP contribution < -0.4 is 5.73 Å². The Hall–Kier alpha value is -0.960. The summed E-state index contributed by atoms with van der Waals surface area (Å²) in [6.45, 7) is 7.99. The van der Waals surface area contributed by atoms with Gasteiger partial charge < -0.3 is 5.73 Å². The minimum Gasteiger partial charge on any atom is -0.321 e. The van der Waals surface area contributed by atoms with Crippen LogP contribution >= 0.6 is 0 Å². The second kappa shape index (κ2) is 4.55. The summed E-state index contributed by atoms with van der Waals surface area (Å²) in [4.78, 5) is 0. The van der Waals surface area contributed by atoms with Crippen molar-refractivity contribution >= 4 is 0 Å². The lowest BCUT2D eigenvalue weighted by molar-refractivity contribution is 0.104. The van der Waals surface area contributed by atoms with E-state index in [1.165, 1.54) is 0 Å². The van der Waals surface area contributed by atoms with Crippen molar-refractivity contribution < 1.29 is 8.78 Å². The second-order valence-electron chi connectivity index (χ2n) is 7.07. The third-order valence-corrected chi connectivity index (χ3v) is 4.22. The van der Waals surface area contributed by atoms with Gasteiger partial charge in [-0.3, -0.25) is 0 Å². The first kappa shape index (κ1) is 14.4. The van der Waals surface area contributed by atoms with Gasteiger partial charge in [-0.15, -0.1) is 0 Å².